The fourth-order valence-corrected chi connectivity index (χ4v) is 19.3. The lowest BCUT2D eigenvalue weighted by molar-refractivity contribution is -0.207. The molecule has 17 N–H and O–H groups in total. The summed E-state index contributed by atoms with van der Waals surface area (Å²) in [4.78, 5) is 121. The highest BCUT2D eigenvalue weighted by Crippen LogP contribution is 2.56. The van der Waals surface area contributed by atoms with Crippen molar-refractivity contribution in [2.75, 3.05) is 26.4 Å². The molecule has 8 heterocycles. The number of alkyl halides is 5. The van der Waals surface area contributed by atoms with Crippen molar-refractivity contribution in [3.05, 3.63) is 229 Å². The topological polar surface area (TPSA) is 648 Å². The number of aromatic amines is 1. The van der Waals surface area contributed by atoms with Gasteiger partial charge in [0, 0.05) is 55.2 Å². The molecular formula is C87H117F5N12O36P4. The van der Waals surface area contributed by atoms with Crippen molar-refractivity contribution in [2.24, 2.45) is 0 Å². The van der Waals surface area contributed by atoms with Gasteiger partial charge < -0.3 is 123 Å². The highest BCUT2D eigenvalue weighted by atomic mass is 31.2. The molecule has 0 radical (unpaired) electrons. The van der Waals surface area contributed by atoms with Crippen molar-refractivity contribution in [1.29, 1.82) is 0 Å². The number of halogens is 5. The number of H-pyrrole nitrogens is 1. The van der Waals surface area contributed by atoms with Crippen molar-refractivity contribution < 1.29 is 184 Å². The summed E-state index contributed by atoms with van der Waals surface area (Å²) in [6.07, 6.45) is -8.90. The molecule has 1 aromatic heterocycles. The van der Waals surface area contributed by atoms with E-state index < -0.39 is 248 Å². The average molecular weight is 2130 g/mol. The summed E-state index contributed by atoms with van der Waals surface area (Å²) in [5.41, 5.74) is -9.93. The van der Waals surface area contributed by atoms with E-state index in [2.05, 4.69) is 74.4 Å². The number of rotatable bonds is 40. The number of carbonyl (C=O) groups is 7. The second-order valence-electron chi connectivity index (χ2n) is 33.5. The fourth-order valence-electron chi connectivity index (χ4n) is 13.7. The highest BCUT2D eigenvalue weighted by Gasteiger charge is 2.70. The zero-order valence-corrected chi connectivity index (χ0v) is 82.3. The van der Waals surface area contributed by atoms with E-state index in [1.165, 1.54) is 76.5 Å². The predicted molar refractivity (Wildman–Crippen MR) is 495 cm³/mol. The smallest absolute Gasteiger partial charge is 0.459 e. The summed E-state index contributed by atoms with van der Waals surface area (Å²) < 4.78 is 206. The maximum Gasteiger partial charge on any atom is 0.459 e. The normalized spacial score (nSPS) is 29.9. The second kappa shape index (κ2) is 48.5. The van der Waals surface area contributed by atoms with E-state index in [0.717, 1.165) is 71.3 Å². The Morgan fingerprint density at radius 1 is 0.500 bits per heavy atom. The Balaban J connectivity index is 0.000000262. The summed E-state index contributed by atoms with van der Waals surface area (Å²) in [6, 6.07) is 18.8. The molecule has 3 aromatic carbocycles. The number of hydrogen-bond acceptors (Lipinski definition) is 37. The Kier molecular flexibility index (Phi) is 40.4. The number of nitrogens with zero attached hydrogens (tertiary/aromatic N) is 4. The van der Waals surface area contributed by atoms with Gasteiger partial charge in [0.15, 0.2) is 42.7 Å². The number of carbonyl (C=O) groups excluding carboxylic acids is 6. The number of esters is 3. The summed E-state index contributed by atoms with van der Waals surface area (Å²) in [7, 11) is -18.5. The quantitative estimate of drug-likeness (QED) is 0.00650. The van der Waals surface area contributed by atoms with Crippen molar-refractivity contribution >= 4 is 72.6 Å². The largest absolute Gasteiger partial charge is 0.480 e. The number of amides is 3. The van der Waals surface area contributed by atoms with Crippen LogP contribution in [-0.4, -0.2) is 269 Å². The van der Waals surface area contributed by atoms with E-state index in [9.17, 15) is 102 Å². The van der Waals surface area contributed by atoms with Crippen LogP contribution in [0, 0.1) is 0 Å². The van der Waals surface area contributed by atoms with Crippen molar-refractivity contribution in [1.82, 2.24) is 60.6 Å². The van der Waals surface area contributed by atoms with Crippen LogP contribution in [0.2, 0.25) is 0 Å². The molecule has 0 spiro atoms. The number of para-hydroxylation sites is 3. The number of hydrogen-bond donors (Lipinski definition) is 17. The van der Waals surface area contributed by atoms with E-state index in [1.54, 1.807) is 101 Å². The van der Waals surface area contributed by atoms with Gasteiger partial charge >= 0.3 is 60.6 Å². The van der Waals surface area contributed by atoms with E-state index in [-0.39, 0.29) is 48.6 Å². The number of ether oxygens (including phenoxy) is 7. The van der Waals surface area contributed by atoms with Crippen LogP contribution in [0.15, 0.2) is 218 Å². The first-order chi connectivity index (χ1) is 66.4. The number of nitrogens with one attached hydrogen (secondary N) is 8. The molecule has 3 amide bonds. The van der Waals surface area contributed by atoms with Gasteiger partial charge in [-0.15, -0.1) is 5.73 Å². The zero-order chi connectivity index (χ0) is 107. The maximum atomic E-state index is 16.1. The molecular weight excluding hydrogens is 2010 g/mol. The van der Waals surface area contributed by atoms with Gasteiger partial charge in [-0.05, 0) is 119 Å². The monoisotopic (exact) mass is 2120 g/mol. The van der Waals surface area contributed by atoms with Crippen LogP contribution in [0.3, 0.4) is 0 Å². The minimum atomic E-state index is -4.78. The number of aliphatic hydroxyl groups is 7. The van der Waals surface area contributed by atoms with Crippen LogP contribution in [0.4, 0.5) is 22.0 Å². The summed E-state index contributed by atoms with van der Waals surface area (Å²) in [5, 5.41) is 99.9. The first kappa shape index (κ1) is 120. The summed E-state index contributed by atoms with van der Waals surface area (Å²) in [6.45, 7) is 29.7. The minimum absolute atomic E-state index is 0. The molecule has 144 heavy (non-hydrogen) atoms. The van der Waals surface area contributed by atoms with Gasteiger partial charge in [0.1, 0.15) is 109 Å². The van der Waals surface area contributed by atoms with Gasteiger partial charge in [-0.1, -0.05) is 108 Å². The zero-order valence-electron chi connectivity index (χ0n) is 78.7. The number of aliphatic hydroxyl groups excluding tert-OH is 4. The maximum absolute atomic E-state index is 16.1. The number of aliphatic carboxylic acids is 1. The SMILES string of the molecule is C.C=C1NC(=O)C=CN1[C@@H]1O[C@](F)(COP(=O)(NC(C)C(=O)OC(C)C)Oc2ccccc2)[C@@H](O)[C@]1(O)CC.C=C1NC(=O)C=CN1[C@@H]1O[C@](F)(COP(=O)(O)NC(C)C(=O)O)[C@@H](O)[C@@]1(C)O.C=C=C[C@]1(F)[C@H](n2ccc(=O)[nH]c2=O)O[C@](F)(COP(=O)(NC(C)C(=O)OC(C)C)Oc2ccccc2)[C@H]1O.C=C[C@]1(O)[C@H](N2C=CC(=O)NC2=C)O[C@](F)(COP(=O)(NC(C)C(=O)OC(C)C)Oc2ccccc2)[C@H]1O. The first-order valence-electron chi connectivity index (χ1n) is 43.0. The van der Waals surface area contributed by atoms with Crippen LogP contribution >= 0.6 is 31.0 Å². The molecule has 24 atom stereocenters. The molecule has 7 aliphatic rings. The Hall–Kier alpha value is -11.1. The standard InChI is InChI=1S/C24H28F2N3O9P.C24H33FN3O9P.C24H31FN3O9P.C14H21FN3O9P.CH4/c1-5-12-23(25)20(32)24(26,37-21(23)29-13-11-18(30)27-22(29)33)14-35-39(34,38-17-9-7-6-8-10-17)28-16(4)19(31)36-15(2)3;2*1-6-23(32)21(31)24(25,36-22(23)28-13-12-19(29)26-17(28)5)14-34-38(33,37-18-10-8-7-9-11-18)27-16(4)20(30)35-15(2)3;1-7(10(20)21)17-28(24,25)26-6-14(15)11(22)13(3,23)12(27-14)18-5-4-9(19)16-8(18)2;/h6-13,15-16,20-21,32H,1,14H2,2-4H3,(H,28,34)(H,27,30,33);7-13,15-16,21-22,31-32H,5-6,14H2,1-4H3,(H,26,29)(H,27,33);6-13,15-16,21-22,31-32H,1,5,14H2,2-4H3,(H,26,29)(H,27,33);4-5,7,11-12,22-23H,2,6H2,1,3H3,(H,16,19)(H,20,21)(H2,17,24,25);1H4/t16?,20-,21+,23+,24+,39?;2*16?,21-,22+,23+,24+,38?;7?,11-,12+,13+,14+;/m0000./s1. The van der Waals surface area contributed by atoms with Crippen LogP contribution in [0.25, 0.3) is 0 Å². The Morgan fingerprint density at radius 3 is 1.18 bits per heavy atom. The molecule has 4 saturated heterocycles. The third-order valence-corrected chi connectivity index (χ3v) is 27.0. The summed E-state index contributed by atoms with van der Waals surface area (Å²) >= 11 is 0. The van der Waals surface area contributed by atoms with Gasteiger partial charge in [0.2, 0.25) is 5.67 Å². The number of aromatic nitrogens is 2. The molecule has 8 unspecified atom stereocenters. The lowest BCUT2D eigenvalue weighted by atomic mass is 9.90. The van der Waals surface area contributed by atoms with E-state index in [0.29, 0.717) is 10.6 Å². The van der Waals surface area contributed by atoms with Crippen molar-refractivity contribution in [3.8, 4) is 17.2 Å². The Morgan fingerprint density at radius 2 is 0.833 bits per heavy atom. The van der Waals surface area contributed by atoms with E-state index in [4.69, 9.17) is 65.4 Å². The van der Waals surface area contributed by atoms with Crippen LogP contribution in [-0.2, 0) is 103 Å². The number of carboxylic acids is 1. The lowest BCUT2D eigenvalue weighted by Gasteiger charge is -2.38. The molecule has 0 aliphatic carbocycles. The lowest BCUT2D eigenvalue weighted by Crippen LogP contribution is -2.56. The van der Waals surface area contributed by atoms with E-state index in [1.807, 2.05) is 4.98 Å². The number of carboxylic acid groups (broad SMARTS) is 1. The van der Waals surface area contributed by atoms with Gasteiger partial charge in [0.25, 0.3) is 46.7 Å². The average Bonchev–Trinajstić information content (AvgIpc) is 1.60. The first-order valence-corrected chi connectivity index (χ1v) is 49.3. The third-order valence-electron chi connectivity index (χ3n) is 21.0. The minimum Gasteiger partial charge on any atom is -0.480 e. The van der Waals surface area contributed by atoms with Gasteiger partial charge in [-0.2, -0.15) is 15.3 Å². The van der Waals surface area contributed by atoms with Gasteiger partial charge in [-0.3, -0.25) is 66.0 Å². The van der Waals surface area contributed by atoms with Crippen LogP contribution in [0.1, 0.15) is 103 Å². The van der Waals surface area contributed by atoms with Gasteiger partial charge in [0.05, 0.1) is 18.3 Å². The van der Waals surface area contributed by atoms with Gasteiger partial charge in [-0.25, -0.2) is 50.1 Å². The molecule has 4 fully saturated rings. The molecule has 796 valence electrons. The Labute approximate surface area is 821 Å². The molecule has 57 heteroatoms. The molecule has 48 nitrogen and oxygen atoms in total. The molecule has 0 saturated carbocycles. The molecule has 4 aromatic rings. The molecule has 11 rings (SSSR count). The fraction of sp³-hybridized carbons (Fsp3) is 0.471. The summed E-state index contributed by atoms with van der Waals surface area (Å²) in [5.74, 6) is -18.2. The Bertz CT molecular complexity index is 5780. The molecule has 0 bridgehead atoms. The number of benzene rings is 3. The highest BCUT2D eigenvalue weighted by molar-refractivity contribution is 7.52. The van der Waals surface area contributed by atoms with Crippen LogP contribution in [0.5, 0.6) is 17.2 Å². The second-order valence-corrected chi connectivity index (χ2v) is 40.1. The van der Waals surface area contributed by atoms with Crippen molar-refractivity contribution in [2.45, 2.75) is 235 Å². The van der Waals surface area contributed by atoms with Crippen LogP contribution < -0.4 is 61.1 Å². The van der Waals surface area contributed by atoms with E-state index >= 15 is 22.0 Å². The molecule has 7 aliphatic heterocycles. The predicted octanol–water partition coefficient (Wildman–Crippen LogP) is 5.53. The third kappa shape index (κ3) is 29.4. The van der Waals surface area contributed by atoms with Crippen molar-refractivity contribution in [3.63, 3.8) is 0 Å².